The third kappa shape index (κ3) is 7.69. The molecule has 0 aliphatic carbocycles. The first-order valence-electron chi connectivity index (χ1n) is 7.81. The Kier molecular flexibility index (Phi) is 9.00. The number of nitrogens with one attached hydrogen (secondary N) is 2. The molecule has 0 amide bonds. The second kappa shape index (κ2) is 10.5. The molecule has 2 aromatic carbocycles. The summed E-state index contributed by atoms with van der Waals surface area (Å²) in [6.45, 7) is 0.857. The van der Waals surface area contributed by atoms with Crippen molar-refractivity contribution in [3.05, 3.63) is 71.0 Å². The summed E-state index contributed by atoms with van der Waals surface area (Å²) in [6, 6.07) is 13.9. The summed E-state index contributed by atoms with van der Waals surface area (Å²) in [7, 11) is -1.39. The Morgan fingerprint density at radius 1 is 1.00 bits per heavy atom. The monoisotopic (exact) mass is 491 g/mol. The van der Waals surface area contributed by atoms with Gasteiger partial charge in [0.1, 0.15) is 5.82 Å². The third-order valence-corrected chi connectivity index (χ3v) is 4.40. The van der Waals surface area contributed by atoms with Crippen molar-refractivity contribution in [2.45, 2.75) is 18.8 Å². The zero-order valence-corrected chi connectivity index (χ0v) is 17.8. The number of hydrogen-bond donors (Lipinski definition) is 2. The quantitative estimate of drug-likeness (QED) is 0.371. The number of hydrogen-bond acceptors (Lipinski definition) is 3. The Hall–Kier alpha value is -1.68. The van der Waals surface area contributed by atoms with Gasteiger partial charge in [-0.05, 0) is 17.2 Å². The van der Waals surface area contributed by atoms with E-state index in [0.29, 0.717) is 24.6 Å². The Labute approximate surface area is 171 Å². The van der Waals surface area contributed by atoms with Crippen LogP contribution >= 0.6 is 24.0 Å². The SMILES string of the molecule is CN=C(NCc1ccc(CS(C)(=O)=O)cc1)NCc1ccccc1F.I. The summed E-state index contributed by atoms with van der Waals surface area (Å²) in [5, 5.41) is 6.20. The zero-order valence-electron chi connectivity index (χ0n) is 14.7. The maximum atomic E-state index is 13.6. The van der Waals surface area contributed by atoms with Crippen LogP contribution < -0.4 is 10.6 Å². The van der Waals surface area contributed by atoms with Crippen molar-refractivity contribution in [3.63, 3.8) is 0 Å². The maximum absolute atomic E-state index is 13.6. The van der Waals surface area contributed by atoms with Crippen LogP contribution in [0.25, 0.3) is 0 Å². The van der Waals surface area contributed by atoms with E-state index in [9.17, 15) is 12.8 Å². The summed E-state index contributed by atoms with van der Waals surface area (Å²) in [5.74, 6) is 0.336. The summed E-state index contributed by atoms with van der Waals surface area (Å²) in [5.41, 5.74) is 2.31. The number of guanidine groups is 1. The second-order valence-electron chi connectivity index (χ2n) is 5.76. The lowest BCUT2D eigenvalue weighted by atomic mass is 10.1. The van der Waals surface area contributed by atoms with Crippen LogP contribution in [0.15, 0.2) is 53.5 Å². The molecule has 8 heteroatoms. The van der Waals surface area contributed by atoms with E-state index in [1.807, 2.05) is 12.1 Å². The summed E-state index contributed by atoms with van der Waals surface area (Å²) in [6.07, 6.45) is 1.22. The van der Waals surface area contributed by atoms with Gasteiger partial charge in [0.15, 0.2) is 15.8 Å². The first-order valence-corrected chi connectivity index (χ1v) is 9.87. The molecule has 0 unspecified atom stereocenters. The maximum Gasteiger partial charge on any atom is 0.191 e. The summed E-state index contributed by atoms with van der Waals surface area (Å²) < 4.78 is 36.2. The van der Waals surface area contributed by atoms with Gasteiger partial charge >= 0.3 is 0 Å². The van der Waals surface area contributed by atoms with Crippen LogP contribution in [0, 0.1) is 5.82 Å². The lowest BCUT2D eigenvalue weighted by molar-refractivity contribution is 0.601. The van der Waals surface area contributed by atoms with Crippen LogP contribution in [-0.2, 0) is 28.7 Å². The zero-order chi connectivity index (χ0) is 18.3. The molecule has 0 fully saturated rings. The second-order valence-corrected chi connectivity index (χ2v) is 7.90. The van der Waals surface area contributed by atoms with E-state index in [1.54, 1.807) is 37.4 Å². The van der Waals surface area contributed by atoms with Crippen LogP contribution in [0.3, 0.4) is 0 Å². The molecular weight excluding hydrogens is 468 g/mol. The highest BCUT2D eigenvalue weighted by Crippen LogP contribution is 2.08. The molecule has 0 radical (unpaired) electrons. The number of benzene rings is 2. The topological polar surface area (TPSA) is 70.6 Å². The third-order valence-electron chi connectivity index (χ3n) is 3.54. The number of rotatable bonds is 6. The molecule has 2 N–H and O–H groups in total. The van der Waals surface area contributed by atoms with Crippen molar-refractivity contribution < 1.29 is 12.8 Å². The predicted molar refractivity (Wildman–Crippen MR) is 114 cm³/mol. The van der Waals surface area contributed by atoms with Gasteiger partial charge in [-0.15, -0.1) is 24.0 Å². The van der Waals surface area contributed by atoms with Gasteiger partial charge in [-0.3, -0.25) is 4.99 Å². The van der Waals surface area contributed by atoms with Crippen molar-refractivity contribution in [1.29, 1.82) is 0 Å². The van der Waals surface area contributed by atoms with E-state index in [-0.39, 0.29) is 35.5 Å². The van der Waals surface area contributed by atoms with E-state index in [1.165, 1.54) is 12.3 Å². The molecule has 0 bridgehead atoms. The minimum Gasteiger partial charge on any atom is -0.352 e. The minimum absolute atomic E-state index is 0. The fourth-order valence-corrected chi connectivity index (χ4v) is 3.08. The summed E-state index contributed by atoms with van der Waals surface area (Å²) in [4.78, 5) is 4.11. The number of nitrogens with zero attached hydrogens (tertiary/aromatic N) is 1. The van der Waals surface area contributed by atoms with Gasteiger partial charge in [-0.2, -0.15) is 0 Å². The molecule has 0 aromatic heterocycles. The Balaban J connectivity index is 0.00000338. The molecule has 142 valence electrons. The van der Waals surface area contributed by atoms with E-state index < -0.39 is 9.84 Å². The lowest BCUT2D eigenvalue weighted by Crippen LogP contribution is -2.36. The smallest absolute Gasteiger partial charge is 0.191 e. The highest BCUT2D eigenvalue weighted by molar-refractivity contribution is 14.0. The molecule has 0 aliphatic rings. The Bertz CT molecular complexity index is 840. The molecule has 5 nitrogen and oxygen atoms in total. The van der Waals surface area contributed by atoms with Gasteiger partial charge in [0, 0.05) is 32.0 Å². The molecule has 26 heavy (non-hydrogen) atoms. The summed E-state index contributed by atoms with van der Waals surface area (Å²) >= 11 is 0. The predicted octanol–water partition coefficient (Wildman–Crippen LogP) is 2.85. The fourth-order valence-electron chi connectivity index (χ4n) is 2.28. The van der Waals surface area contributed by atoms with E-state index in [4.69, 9.17) is 0 Å². The van der Waals surface area contributed by atoms with Crippen LogP contribution in [0.2, 0.25) is 0 Å². The lowest BCUT2D eigenvalue weighted by Gasteiger charge is -2.12. The molecule has 2 rings (SSSR count). The largest absolute Gasteiger partial charge is 0.352 e. The van der Waals surface area contributed by atoms with Crippen molar-refractivity contribution in [3.8, 4) is 0 Å². The van der Waals surface area contributed by atoms with Crippen LogP contribution in [0.5, 0.6) is 0 Å². The molecule has 0 saturated heterocycles. The average molecular weight is 491 g/mol. The van der Waals surface area contributed by atoms with Crippen molar-refractivity contribution >= 4 is 39.8 Å². The fraction of sp³-hybridized carbons (Fsp3) is 0.278. The number of halogens is 2. The van der Waals surface area contributed by atoms with E-state index >= 15 is 0 Å². The van der Waals surface area contributed by atoms with Crippen LogP contribution in [0.1, 0.15) is 16.7 Å². The highest BCUT2D eigenvalue weighted by Gasteiger charge is 2.05. The van der Waals surface area contributed by atoms with Crippen molar-refractivity contribution in [2.24, 2.45) is 4.99 Å². The molecule has 0 spiro atoms. The standard InChI is InChI=1S/C18H22FN3O2S.HI/c1-20-18(22-12-16-5-3-4-6-17(16)19)21-11-14-7-9-15(10-8-14)13-25(2,23)24;/h3-10H,11-13H2,1-2H3,(H2,20,21,22);1H. The number of aliphatic imine (C=N–C) groups is 1. The van der Waals surface area contributed by atoms with Gasteiger partial charge in [0.05, 0.1) is 5.75 Å². The number of sulfone groups is 1. The van der Waals surface area contributed by atoms with Crippen molar-refractivity contribution in [1.82, 2.24) is 10.6 Å². The first kappa shape index (κ1) is 22.4. The van der Waals surface area contributed by atoms with Crippen molar-refractivity contribution in [2.75, 3.05) is 13.3 Å². The van der Waals surface area contributed by atoms with Gasteiger partial charge in [-0.25, -0.2) is 12.8 Å². The molecule has 0 aliphatic heterocycles. The molecule has 2 aromatic rings. The molecule has 0 heterocycles. The Morgan fingerprint density at radius 2 is 1.58 bits per heavy atom. The van der Waals surface area contributed by atoms with E-state index in [0.717, 1.165) is 11.1 Å². The van der Waals surface area contributed by atoms with Gasteiger partial charge < -0.3 is 10.6 Å². The highest BCUT2D eigenvalue weighted by atomic mass is 127. The van der Waals surface area contributed by atoms with Crippen LogP contribution in [-0.4, -0.2) is 27.7 Å². The van der Waals surface area contributed by atoms with Crippen LogP contribution in [0.4, 0.5) is 4.39 Å². The molecular formula is C18H23FIN3O2S. The molecule has 0 atom stereocenters. The average Bonchev–Trinajstić information content (AvgIpc) is 2.56. The normalized spacial score (nSPS) is 11.6. The minimum atomic E-state index is -3.03. The van der Waals surface area contributed by atoms with Gasteiger partial charge in [0.2, 0.25) is 0 Å². The first-order chi connectivity index (χ1) is 11.9. The van der Waals surface area contributed by atoms with Gasteiger partial charge in [0.25, 0.3) is 0 Å². The van der Waals surface area contributed by atoms with E-state index in [2.05, 4.69) is 15.6 Å². The van der Waals surface area contributed by atoms with Gasteiger partial charge in [-0.1, -0.05) is 42.5 Å². The molecule has 0 saturated carbocycles. The Morgan fingerprint density at radius 3 is 2.15 bits per heavy atom.